The predicted molar refractivity (Wildman–Crippen MR) is 74.8 cm³/mol. The van der Waals surface area contributed by atoms with Gasteiger partial charge in [-0.15, -0.1) is 0 Å². The summed E-state index contributed by atoms with van der Waals surface area (Å²) in [4.78, 5) is 0. The van der Waals surface area contributed by atoms with Gasteiger partial charge >= 0.3 is 0 Å². The first-order valence-corrected chi connectivity index (χ1v) is 6.33. The lowest BCUT2D eigenvalue weighted by molar-refractivity contribution is 0.408. The molecule has 2 nitrogen and oxygen atoms in total. The average molecular weight is 260 g/mol. The van der Waals surface area contributed by atoms with E-state index in [0.717, 1.165) is 22.9 Å². The zero-order valence-electron chi connectivity index (χ0n) is 10.1. The van der Waals surface area contributed by atoms with Gasteiger partial charge in [0.2, 0.25) is 0 Å². The summed E-state index contributed by atoms with van der Waals surface area (Å²) < 4.78 is 5.44. The molecule has 0 aliphatic carbocycles. The van der Waals surface area contributed by atoms with Gasteiger partial charge in [0, 0.05) is 28.7 Å². The molecule has 0 fully saturated rings. The highest BCUT2D eigenvalue weighted by molar-refractivity contribution is 6.30. The lowest BCUT2D eigenvalue weighted by atomic mass is 9.92. The molecule has 2 aromatic rings. The van der Waals surface area contributed by atoms with Crippen molar-refractivity contribution >= 4 is 17.3 Å². The van der Waals surface area contributed by atoms with Crippen LogP contribution in [-0.4, -0.2) is 13.7 Å². The van der Waals surface area contributed by atoms with E-state index in [-0.39, 0.29) is 0 Å². The molecule has 0 saturated carbocycles. The lowest BCUT2D eigenvalue weighted by Gasteiger charge is -2.15. The van der Waals surface area contributed by atoms with Gasteiger partial charge in [0.25, 0.3) is 0 Å². The van der Waals surface area contributed by atoms with E-state index in [9.17, 15) is 0 Å². The van der Waals surface area contributed by atoms with Crippen LogP contribution in [0.1, 0.15) is 17.0 Å². The fourth-order valence-electron chi connectivity index (χ4n) is 2.54. The Labute approximate surface area is 112 Å². The van der Waals surface area contributed by atoms with E-state index < -0.39 is 0 Å². The number of benzene rings is 2. The molecule has 1 aliphatic rings. The van der Waals surface area contributed by atoms with Gasteiger partial charge < -0.3 is 10.1 Å². The van der Waals surface area contributed by atoms with Crippen molar-refractivity contribution in [3.63, 3.8) is 0 Å². The predicted octanol–water partition coefficient (Wildman–Crippen LogP) is 3.91. The van der Waals surface area contributed by atoms with Gasteiger partial charge in [-0.1, -0.05) is 29.8 Å². The average Bonchev–Trinajstić information content (AvgIpc) is 2.82. The van der Waals surface area contributed by atoms with Gasteiger partial charge in [0.1, 0.15) is 5.75 Å². The van der Waals surface area contributed by atoms with Gasteiger partial charge in [0.15, 0.2) is 0 Å². The van der Waals surface area contributed by atoms with Gasteiger partial charge in [-0.25, -0.2) is 0 Å². The molecule has 0 spiro atoms. The Morgan fingerprint density at radius 2 is 2.00 bits per heavy atom. The monoisotopic (exact) mass is 259 g/mol. The number of para-hydroxylation sites is 1. The van der Waals surface area contributed by atoms with E-state index in [0.29, 0.717) is 5.92 Å². The minimum atomic E-state index is 0.301. The summed E-state index contributed by atoms with van der Waals surface area (Å²) >= 11 is 6.10. The topological polar surface area (TPSA) is 21.3 Å². The maximum absolute atomic E-state index is 6.10. The molecule has 0 amide bonds. The second kappa shape index (κ2) is 4.54. The van der Waals surface area contributed by atoms with Gasteiger partial charge in [-0.3, -0.25) is 0 Å². The number of rotatable bonds is 2. The summed E-state index contributed by atoms with van der Waals surface area (Å²) in [7, 11) is 1.70. The highest BCUT2D eigenvalue weighted by Crippen LogP contribution is 2.40. The van der Waals surface area contributed by atoms with Crippen molar-refractivity contribution in [2.45, 2.75) is 5.92 Å². The maximum Gasteiger partial charge on any atom is 0.122 e. The van der Waals surface area contributed by atoms with Crippen molar-refractivity contribution in [3.05, 3.63) is 58.6 Å². The van der Waals surface area contributed by atoms with Crippen LogP contribution in [0.5, 0.6) is 5.75 Å². The molecule has 1 aliphatic heterocycles. The van der Waals surface area contributed by atoms with Crippen LogP contribution in [0.25, 0.3) is 0 Å². The standard InChI is InChI=1S/C15H14ClNO/c1-18-15-7-6-10(16)8-12(15)13-9-17-14-5-3-2-4-11(13)14/h2-8,13,17H,9H2,1H3. The quantitative estimate of drug-likeness (QED) is 0.883. The summed E-state index contributed by atoms with van der Waals surface area (Å²) in [5.74, 6) is 1.19. The molecule has 92 valence electrons. The third-order valence-electron chi connectivity index (χ3n) is 3.40. The minimum absolute atomic E-state index is 0.301. The first kappa shape index (κ1) is 11.4. The second-order valence-corrected chi connectivity index (χ2v) is 4.84. The second-order valence-electron chi connectivity index (χ2n) is 4.41. The maximum atomic E-state index is 6.10. The highest BCUT2D eigenvalue weighted by Gasteiger charge is 2.25. The third kappa shape index (κ3) is 1.83. The van der Waals surface area contributed by atoms with E-state index in [1.165, 1.54) is 11.3 Å². The number of ether oxygens (including phenoxy) is 1. The molecule has 0 saturated heterocycles. The molecule has 3 rings (SSSR count). The van der Waals surface area contributed by atoms with Crippen LogP contribution >= 0.6 is 11.6 Å². The van der Waals surface area contributed by atoms with E-state index in [1.807, 2.05) is 24.3 Å². The van der Waals surface area contributed by atoms with Crippen LogP contribution in [0.15, 0.2) is 42.5 Å². The zero-order chi connectivity index (χ0) is 12.5. The van der Waals surface area contributed by atoms with Crippen molar-refractivity contribution < 1.29 is 4.74 Å². The molecule has 0 bridgehead atoms. The molecule has 1 heterocycles. The van der Waals surface area contributed by atoms with E-state index >= 15 is 0 Å². The molecule has 2 aromatic carbocycles. The van der Waals surface area contributed by atoms with Gasteiger partial charge in [-0.2, -0.15) is 0 Å². The number of anilines is 1. The first-order valence-electron chi connectivity index (χ1n) is 5.96. The largest absolute Gasteiger partial charge is 0.496 e. The zero-order valence-corrected chi connectivity index (χ0v) is 10.9. The van der Waals surface area contributed by atoms with Crippen LogP contribution < -0.4 is 10.1 Å². The molecular weight excluding hydrogens is 246 g/mol. The SMILES string of the molecule is COc1ccc(Cl)cc1C1CNc2ccccc21. The summed E-state index contributed by atoms with van der Waals surface area (Å²) in [5.41, 5.74) is 3.64. The highest BCUT2D eigenvalue weighted by atomic mass is 35.5. The van der Waals surface area contributed by atoms with Gasteiger partial charge in [0.05, 0.1) is 7.11 Å². The lowest BCUT2D eigenvalue weighted by Crippen LogP contribution is -2.05. The van der Waals surface area contributed by atoms with Crippen molar-refractivity contribution in [3.8, 4) is 5.75 Å². The molecule has 1 atom stereocenters. The Morgan fingerprint density at radius 1 is 1.17 bits per heavy atom. The fourth-order valence-corrected chi connectivity index (χ4v) is 2.72. The fraction of sp³-hybridized carbons (Fsp3) is 0.200. The van der Waals surface area contributed by atoms with Crippen molar-refractivity contribution in [1.29, 1.82) is 0 Å². The normalized spacial score (nSPS) is 17.1. The van der Waals surface area contributed by atoms with Crippen molar-refractivity contribution in [2.24, 2.45) is 0 Å². The van der Waals surface area contributed by atoms with Crippen molar-refractivity contribution in [2.75, 3.05) is 19.0 Å². The van der Waals surface area contributed by atoms with E-state index in [2.05, 4.69) is 23.5 Å². The minimum Gasteiger partial charge on any atom is -0.496 e. The van der Waals surface area contributed by atoms with Crippen molar-refractivity contribution in [1.82, 2.24) is 0 Å². The third-order valence-corrected chi connectivity index (χ3v) is 3.64. The van der Waals surface area contributed by atoms with E-state index in [4.69, 9.17) is 16.3 Å². The van der Waals surface area contributed by atoms with Crippen LogP contribution in [0, 0.1) is 0 Å². The number of methoxy groups -OCH3 is 1. The molecule has 1 unspecified atom stereocenters. The molecule has 18 heavy (non-hydrogen) atoms. The number of hydrogen-bond donors (Lipinski definition) is 1. The summed E-state index contributed by atoms with van der Waals surface area (Å²) in [6.07, 6.45) is 0. The molecule has 0 radical (unpaired) electrons. The summed E-state index contributed by atoms with van der Waals surface area (Å²) in [5, 5.41) is 4.17. The number of fused-ring (bicyclic) bond motifs is 1. The van der Waals surface area contributed by atoms with Crippen LogP contribution in [-0.2, 0) is 0 Å². The number of hydrogen-bond acceptors (Lipinski definition) is 2. The molecule has 1 N–H and O–H groups in total. The van der Waals surface area contributed by atoms with Crippen LogP contribution in [0.4, 0.5) is 5.69 Å². The smallest absolute Gasteiger partial charge is 0.122 e. The molecule has 0 aromatic heterocycles. The Morgan fingerprint density at radius 3 is 2.83 bits per heavy atom. The van der Waals surface area contributed by atoms with Gasteiger partial charge in [-0.05, 0) is 29.8 Å². The molecular formula is C15H14ClNO. The Kier molecular flexibility index (Phi) is 2.88. The number of nitrogens with one attached hydrogen (secondary N) is 1. The Bertz CT molecular complexity index is 582. The number of halogens is 1. The first-order chi connectivity index (χ1) is 8.79. The summed E-state index contributed by atoms with van der Waals surface area (Å²) in [6, 6.07) is 14.2. The summed E-state index contributed by atoms with van der Waals surface area (Å²) in [6.45, 7) is 0.885. The van der Waals surface area contributed by atoms with E-state index in [1.54, 1.807) is 7.11 Å². The van der Waals surface area contributed by atoms with Crippen LogP contribution in [0.2, 0.25) is 5.02 Å². The molecule has 3 heteroatoms. The Hall–Kier alpha value is -1.67. The van der Waals surface area contributed by atoms with Crippen LogP contribution in [0.3, 0.4) is 0 Å². The Balaban J connectivity index is 2.09.